The zero-order chi connectivity index (χ0) is 23.4. The molecule has 0 spiro atoms. The topological polar surface area (TPSA) is 116 Å². The first-order valence-corrected chi connectivity index (χ1v) is 10.8. The van der Waals surface area contributed by atoms with Gasteiger partial charge in [-0.25, -0.2) is 0 Å². The second-order valence-electron chi connectivity index (χ2n) is 8.27. The number of nitrogens with one attached hydrogen (secondary N) is 1. The van der Waals surface area contributed by atoms with Crippen LogP contribution in [0, 0.1) is 0 Å². The Morgan fingerprint density at radius 1 is 0.818 bits per heavy atom. The summed E-state index contributed by atoms with van der Waals surface area (Å²) in [6, 6.07) is 14.7. The second-order valence-corrected chi connectivity index (χ2v) is 8.27. The fraction of sp³-hybridized carbons (Fsp3) is 0.240. The predicted molar refractivity (Wildman–Crippen MR) is 125 cm³/mol. The van der Waals surface area contributed by atoms with Gasteiger partial charge in [-0.2, -0.15) is 0 Å². The van der Waals surface area contributed by atoms with Crippen LogP contribution in [0.4, 0.5) is 0 Å². The van der Waals surface area contributed by atoms with Crippen molar-refractivity contribution in [1.82, 2.24) is 25.1 Å². The van der Waals surface area contributed by atoms with Crippen molar-refractivity contribution in [3.05, 3.63) is 83.2 Å². The van der Waals surface area contributed by atoms with E-state index in [1.54, 1.807) is 18.5 Å². The van der Waals surface area contributed by atoms with Gasteiger partial charge in [0.15, 0.2) is 5.82 Å². The Kier molecular flexibility index (Phi) is 6.55. The third kappa shape index (κ3) is 5.12. The van der Waals surface area contributed by atoms with Gasteiger partial charge in [0.25, 0.3) is 0 Å². The van der Waals surface area contributed by atoms with E-state index in [0.29, 0.717) is 23.5 Å². The average Bonchev–Trinajstić information content (AvgIpc) is 3.15. The van der Waals surface area contributed by atoms with E-state index in [4.69, 9.17) is 0 Å². The SMILES string of the molecule is CC(C)c1cc(-c2nnc(O)n2Cc2ccc(CNCc3ccncc3)cc2)c(O)cc1O. The number of hydrogen-bond acceptors (Lipinski definition) is 7. The van der Waals surface area contributed by atoms with Gasteiger partial charge < -0.3 is 20.6 Å². The van der Waals surface area contributed by atoms with Crippen molar-refractivity contribution in [1.29, 1.82) is 0 Å². The lowest BCUT2D eigenvalue weighted by molar-refractivity contribution is 0.404. The van der Waals surface area contributed by atoms with Crippen LogP contribution in [0.5, 0.6) is 17.5 Å². The molecule has 2 heterocycles. The summed E-state index contributed by atoms with van der Waals surface area (Å²) < 4.78 is 1.53. The van der Waals surface area contributed by atoms with Crippen LogP contribution < -0.4 is 5.32 Å². The lowest BCUT2D eigenvalue weighted by Crippen LogP contribution is -2.12. The monoisotopic (exact) mass is 445 g/mol. The molecule has 0 aliphatic heterocycles. The summed E-state index contributed by atoms with van der Waals surface area (Å²) in [6.45, 7) is 5.72. The van der Waals surface area contributed by atoms with Crippen LogP contribution in [0.2, 0.25) is 0 Å². The van der Waals surface area contributed by atoms with Crippen molar-refractivity contribution < 1.29 is 15.3 Å². The minimum Gasteiger partial charge on any atom is -0.508 e. The average molecular weight is 446 g/mol. The summed E-state index contributed by atoms with van der Waals surface area (Å²) >= 11 is 0. The number of pyridine rings is 1. The highest BCUT2D eigenvalue weighted by molar-refractivity contribution is 5.68. The Bertz CT molecular complexity index is 1220. The van der Waals surface area contributed by atoms with Crippen LogP contribution in [0.1, 0.15) is 42.0 Å². The van der Waals surface area contributed by atoms with E-state index in [1.165, 1.54) is 16.2 Å². The van der Waals surface area contributed by atoms with E-state index in [-0.39, 0.29) is 23.4 Å². The van der Waals surface area contributed by atoms with Gasteiger partial charge in [0.2, 0.25) is 0 Å². The second kappa shape index (κ2) is 9.70. The van der Waals surface area contributed by atoms with Gasteiger partial charge in [0.05, 0.1) is 12.1 Å². The molecule has 0 aliphatic carbocycles. The number of phenols is 2. The van der Waals surface area contributed by atoms with Gasteiger partial charge in [-0.15, -0.1) is 5.10 Å². The smallest absolute Gasteiger partial charge is 0.315 e. The molecule has 0 aliphatic rings. The Labute approximate surface area is 192 Å². The molecule has 2 aromatic heterocycles. The minimum atomic E-state index is -0.244. The first-order chi connectivity index (χ1) is 15.9. The molecule has 4 rings (SSSR count). The lowest BCUT2D eigenvalue weighted by Gasteiger charge is -2.14. The maximum Gasteiger partial charge on any atom is 0.315 e. The Morgan fingerprint density at radius 2 is 1.45 bits per heavy atom. The van der Waals surface area contributed by atoms with Crippen molar-refractivity contribution >= 4 is 0 Å². The van der Waals surface area contributed by atoms with Gasteiger partial charge in [-0.1, -0.05) is 43.2 Å². The van der Waals surface area contributed by atoms with Gasteiger partial charge in [-0.05, 0) is 46.4 Å². The molecule has 170 valence electrons. The molecule has 33 heavy (non-hydrogen) atoms. The number of nitrogens with zero attached hydrogens (tertiary/aromatic N) is 4. The van der Waals surface area contributed by atoms with E-state index in [9.17, 15) is 15.3 Å². The van der Waals surface area contributed by atoms with Crippen LogP contribution in [0.3, 0.4) is 0 Å². The molecule has 0 atom stereocenters. The summed E-state index contributed by atoms with van der Waals surface area (Å²) in [5, 5.41) is 42.1. The molecule has 4 N–H and O–H groups in total. The molecule has 0 radical (unpaired) electrons. The van der Waals surface area contributed by atoms with E-state index >= 15 is 0 Å². The normalized spacial score (nSPS) is 11.2. The number of hydrogen-bond donors (Lipinski definition) is 4. The predicted octanol–water partition coefficient (Wildman–Crippen LogP) is 3.92. The standard InChI is InChI=1S/C25H27N5O3/c1-16(2)20-11-21(23(32)12-22(20)31)24-28-29-25(33)30(24)15-19-5-3-17(4-6-19)13-27-14-18-7-9-26-10-8-18/h3-12,16,27,31-32H,13-15H2,1-2H3,(H,29,33). The van der Waals surface area contributed by atoms with Gasteiger partial charge in [0.1, 0.15) is 11.5 Å². The number of benzene rings is 2. The fourth-order valence-corrected chi connectivity index (χ4v) is 3.67. The molecule has 0 fully saturated rings. The maximum atomic E-state index is 10.4. The largest absolute Gasteiger partial charge is 0.508 e. The minimum absolute atomic E-state index is 0.0228. The summed E-state index contributed by atoms with van der Waals surface area (Å²) in [5.74, 6) is 0.278. The molecule has 0 amide bonds. The van der Waals surface area contributed by atoms with Crippen LogP contribution in [0.15, 0.2) is 60.9 Å². The summed E-state index contributed by atoms with van der Waals surface area (Å²) in [6.07, 6.45) is 3.56. The molecule has 0 saturated carbocycles. The molecular weight excluding hydrogens is 418 g/mol. The fourth-order valence-electron chi connectivity index (χ4n) is 3.67. The number of aromatic nitrogens is 4. The first kappa shape index (κ1) is 22.3. The van der Waals surface area contributed by atoms with Crippen molar-refractivity contribution in [3.8, 4) is 28.9 Å². The Morgan fingerprint density at radius 3 is 2.12 bits per heavy atom. The number of rotatable bonds is 8. The van der Waals surface area contributed by atoms with Gasteiger partial charge in [0, 0.05) is 31.5 Å². The van der Waals surface area contributed by atoms with Crippen LogP contribution in [-0.2, 0) is 19.6 Å². The molecule has 0 saturated heterocycles. The highest BCUT2D eigenvalue weighted by atomic mass is 16.3. The van der Waals surface area contributed by atoms with Crippen molar-refractivity contribution in [2.24, 2.45) is 0 Å². The van der Waals surface area contributed by atoms with Crippen molar-refractivity contribution in [2.45, 2.75) is 39.4 Å². The summed E-state index contributed by atoms with van der Waals surface area (Å²) in [7, 11) is 0. The molecular formula is C25H27N5O3. The number of aromatic hydroxyl groups is 3. The van der Waals surface area contributed by atoms with Crippen LogP contribution in [-0.4, -0.2) is 35.1 Å². The van der Waals surface area contributed by atoms with Gasteiger partial charge in [-0.3, -0.25) is 9.55 Å². The van der Waals surface area contributed by atoms with Crippen LogP contribution in [0.25, 0.3) is 11.4 Å². The molecule has 0 unspecified atom stereocenters. The maximum absolute atomic E-state index is 10.4. The third-order valence-electron chi connectivity index (χ3n) is 5.51. The Hall–Kier alpha value is -3.91. The van der Waals surface area contributed by atoms with Crippen molar-refractivity contribution in [2.75, 3.05) is 0 Å². The van der Waals surface area contributed by atoms with Crippen molar-refractivity contribution in [3.63, 3.8) is 0 Å². The lowest BCUT2D eigenvalue weighted by atomic mass is 9.98. The molecule has 8 heteroatoms. The molecule has 0 bridgehead atoms. The third-order valence-corrected chi connectivity index (χ3v) is 5.51. The van der Waals surface area contributed by atoms with E-state index in [0.717, 1.165) is 24.2 Å². The zero-order valence-electron chi connectivity index (χ0n) is 18.6. The van der Waals surface area contributed by atoms with Crippen LogP contribution >= 0.6 is 0 Å². The van der Waals surface area contributed by atoms with E-state index in [1.807, 2.05) is 50.2 Å². The summed E-state index contributed by atoms with van der Waals surface area (Å²) in [5.41, 5.74) is 4.35. The number of phenolic OH excluding ortho intramolecular Hbond substituents is 2. The zero-order valence-corrected chi connectivity index (χ0v) is 18.6. The molecule has 2 aromatic carbocycles. The quantitative estimate of drug-likeness (QED) is 0.325. The molecule has 8 nitrogen and oxygen atoms in total. The first-order valence-electron chi connectivity index (χ1n) is 10.8. The van der Waals surface area contributed by atoms with E-state index in [2.05, 4.69) is 20.5 Å². The highest BCUT2D eigenvalue weighted by Crippen LogP contribution is 2.38. The summed E-state index contributed by atoms with van der Waals surface area (Å²) in [4.78, 5) is 4.02. The van der Waals surface area contributed by atoms with E-state index < -0.39 is 0 Å². The van der Waals surface area contributed by atoms with Gasteiger partial charge >= 0.3 is 6.01 Å². The highest BCUT2D eigenvalue weighted by Gasteiger charge is 2.20. The Balaban J connectivity index is 1.49. The molecule has 4 aromatic rings.